The monoisotopic (exact) mass is 388 g/mol. The summed E-state index contributed by atoms with van der Waals surface area (Å²) >= 11 is 0. The maximum atomic E-state index is 12.1. The largest absolute Gasteiger partial charge is 0.465 e. The van der Waals surface area contributed by atoms with Gasteiger partial charge in [-0.2, -0.15) is 10.2 Å². The fourth-order valence-corrected chi connectivity index (χ4v) is 3.91. The molecule has 1 aliphatic carbocycles. The molecule has 3 rings (SSSR count). The van der Waals surface area contributed by atoms with Crippen molar-refractivity contribution in [3.05, 3.63) is 29.7 Å². The first-order valence-corrected chi connectivity index (χ1v) is 9.72. The zero-order valence-corrected chi connectivity index (χ0v) is 16.3. The van der Waals surface area contributed by atoms with E-state index < -0.39 is 6.09 Å². The third-order valence-electron chi connectivity index (χ3n) is 5.33. The van der Waals surface area contributed by atoms with Crippen molar-refractivity contribution in [1.29, 1.82) is 0 Å². The SMILES string of the molecule is C[C@@H](CCC1CCC(c2cc(NC(=O)Cc3ccn(C)n3)n[nH]2)C1)NC(=O)O. The van der Waals surface area contributed by atoms with E-state index in [4.69, 9.17) is 5.11 Å². The Morgan fingerprint density at radius 2 is 2.25 bits per heavy atom. The van der Waals surface area contributed by atoms with Crippen LogP contribution in [-0.2, 0) is 18.3 Å². The van der Waals surface area contributed by atoms with Gasteiger partial charge in [0, 0.05) is 37.0 Å². The molecule has 2 amide bonds. The minimum absolute atomic E-state index is 0.0235. The highest BCUT2D eigenvalue weighted by Crippen LogP contribution is 2.40. The van der Waals surface area contributed by atoms with Crippen LogP contribution in [-0.4, -0.2) is 43.1 Å². The summed E-state index contributed by atoms with van der Waals surface area (Å²) in [5, 5.41) is 25.6. The number of aromatic nitrogens is 4. The predicted molar refractivity (Wildman–Crippen MR) is 104 cm³/mol. The molecule has 9 heteroatoms. The van der Waals surface area contributed by atoms with Crippen molar-refractivity contribution in [3.8, 4) is 0 Å². The number of rotatable bonds is 8. The van der Waals surface area contributed by atoms with Crippen molar-refractivity contribution in [2.24, 2.45) is 13.0 Å². The average Bonchev–Trinajstić information content (AvgIpc) is 3.33. The van der Waals surface area contributed by atoms with E-state index in [2.05, 4.69) is 25.9 Å². The van der Waals surface area contributed by atoms with Gasteiger partial charge in [-0.25, -0.2) is 4.79 Å². The van der Waals surface area contributed by atoms with Crippen molar-refractivity contribution >= 4 is 17.8 Å². The minimum atomic E-state index is -0.966. The first-order valence-electron chi connectivity index (χ1n) is 9.72. The standard InChI is InChI=1S/C19H28N6O3/c1-12(20-19(27)28)3-4-13-5-6-14(9-13)16-11-17(23-22-16)21-18(26)10-15-7-8-25(2)24-15/h7-8,11-14,20H,3-6,9-10H2,1-2H3,(H,27,28)(H2,21,22,23,26)/t12-,13?,14?/m0/s1. The third-order valence-corrected chi connectivity index (χ3v) is 5.33. The maximum Gasteiger partial charge on any atom is 0.404 e. The number of amides is 2. The molecule has 1 saturated carbocycles. The molecule has 0 saturated heterocycles. The van der Waals surface area contributed by atoms with Crippen molar-refractivity contribution in [3.63, 3.8) is 0 Å². The number of aromatic amines is 1. The Morgan fingerprint density at radius 3 is 2.96 bits per heavy atom. The van der Waals surface area contributed by atoms with Gasteiger partial charge in [-0.1, -0.05) is 0 Å². The van der Waals surface area contributed by atoms with Gasteiger partial charge in [-0.05, 0) is 51.0 Å². The van der Waals surface area contributed by atoms with E-state index in [9.17, 15) is 9.59 Å². The number of hydrogen-bond acceptors (Lipinski definition) is 4. The smallest absolute Gasteiger partial charge is 0.404 e. The number of anilines is 1. The second-order valence-electron chi connectivity index (χ2n) is 7.72. The molecule has 2 unspecified atom stereocenters. The summed E-state index contributed by atoms with van der Waals surface area (Å²) in [6.45, 7) is 1.90. The lowest BCUT2D eigenvalue weighted by molar-refractivity contribution is -0.115. The van der Waals surface area contributed by atoms with Crippen LogP contribution in [0.4, 0.5) is 10.6 Å². The van der Waals surface area contributed by atoms with Gasteiger partial charge in [0.05, 0.1) is 12.1 Å². The molecule has 1 aliphatic rings. The normalized spacial score (nSPS) is 20.1. The van der Waals surface area contributed by atoms with Gasteiger partial charge in [-0.3, -0.25) is 14.6 Å². The molecule has 2 aromatic heterocycles. The molecule has 0 spiro atoms. The fourth-order valence-electron chi connectivity index (χ4n) is 3.91. The van der Waals surface area contributed by atoms with Crippen LogP contribution in [0.15, 0.2) is 18.3 Å². The molecule has 4 N–H and O–H groups in total. The van der Waals surface area contributed by atoms with Gasteiger partial charge in [0.15, 0.2) is 5.82 Å². The van der Waals surface area contributed by atoms with E-state index in [1.807, 2.05) is 32.3 Å². The highest BCUT2D eigenvalue weighted by atomic mass is 16.4. The van der Waals surface area contributed by atoms with E-state index in [0.717, 1.165) is 43.5 Å². The second-order valence-corrected chi connectivity index (χ2v) is 7.72. The Balaban J connectivity index is 1.45. The molecule has 1 fully saturated rings. The molecule has 3 atom stereocenters. The number of carboxylic acid groups (broad SMARTS) is 1. The van der Waals surface area contributed by atoms with E-state index in [0.29, 0.717) is 17.7 Å². The summed E-state index contributed by atoms with van der Waals surface area (Å²) in [5.74, 6) is 1.40. The lowest BCUT2D eigenvalue weighted by atomic mass is 9.96. The van der Waals surface area contributed by atoms with E-state index in [-0.39, 0.29) is 18.4 Å². The average molecular weight is 388 g/mol. The van der Waals surface area contributed by atoms with Crippen molar-refractivity contribution in [1.82, 2.24) is 25.3 Å². The van der Waals surface area contributed by atoms with Crippen LogP contribution in [0.25, 0.3) is 0 Å². The molecule has 2 aromatic rings. The van der Waals surface area contributed by atoms with E-state index in [1.165, 1.54) is 0 Å². The number of carbonyl (C=O) groups is 2. The van der Waals surface area contributed by atoms with E-state index in [1.54, 1.807) is 4.68 Å². The van der Waals surface area contributed by atoms with Crippen LogP contribution in [0.5, 0.6) is 0 Å². The molecule has 0 aromatic carbocycles. The number of H-pyrrole nitrogens is 1. The minimum Gasteiger partial charge on any atom is -0.465 e. The molecule has 28 heavy (non-hydrogen) atoms. The van der Waals surface area contributed by atoms with Gasteiger partial charge in [0.1, 0.15) is 0 Å². The zero-order valence-electron chi connectivity index (χ0n) is 16.3. The lowest BCUT2D eigenvalue weighted by Crippen LogP contribution is -2.31. The molecular formula is C19H28N6O3. The molecule has 2 heterocycles. The predicted octanol–water partition coefficient (Wildman–Crippen LogP) is 2.64. The van der Waals surface area contributed by atoms with Gasteiger partial charge >= 0.3 is 6.09 Å². The Morgan fingerprint density at radius 1 is 1.43 bits per heavy atom. The molecule has 9 nitrogen and oxygen atoms in total. The quantitative estimate of drug-likeness (QED) is 0.553. The highest BCUT2D eigenvalue weighted by Gasteiger charge is 2.27. The second kappa shape index (κ2) is 8.90. The molecule has 152 valence electrons. The van der Waals surface area contributed by atoms with Crippen LogP contribution in [0.3, 0.4) is 0 Å². The number of nitrogens with zero attached hydrogens (tertiary/aromatic N) is 3. The Kier molecular flexibility index (Phi) is 6.33. The summed E-state index contributed by atoms with van der Waals surface area (Å²) in [7, 11) is 1.82. The maximum absolute atomic E-state index is 12.1. The van der Waals surface area contributed by atoms with Gasteiger partial charge in [0.25, 0.3) is 0 Å². The first kappa shape index (κ1) is 19.9. The van der Waals surface area contributed by atoms with Crippen molar-refractivity contribution in [2.75, 3.05) is 5.32 Å². The Bertz CT molecular complexity index is 814. The number of carbonyl (C=O) groups excluding carboxylic acids is 1. The Hall–Kier alpha value is -2.84. The highest BCUT2D eigenvalue weighted by molar-refractivity contribution is 5.91. The van der Waals surface area contributed by atoms with Gasteiger partial charge in [0.2, 0.25) is 5.91 Å². The van der Waals surface area contributed by atoms with Crippen molar-refractivity contribution in [2.45, 2.75) is 57.4 Å². The summed E-state index contributed by atoms with van der Waals surface area (Å²) in [5.41, 5.74) is 1.77. The van der Waals surface area contributed by atoms with Gasteiger partial charge in [-0.15, -0.1) is 0 Å². The molecule has 0 aliphatic heterocycles. The van der Waals surface area contributed by atoms with Crippen LogP contribution < -0.4 is 10.6 Å². The Labute approximate surface area is 163 Å². The number of aryl methyl sites for hydroxylation is 1. The fraction of sp³-hybridized carbons (Fsp3) is 0.579. The van der Waals surface area contributed by atoms with Crippen molar-refractivity contribution < 1.29 is 14.7 Å². The summed E-state index contributed by atoms with van der Waals surface area (Å²) < 4.78 is 1.67. The van der Waals surface area contributed by atoms with Crippen LogP contribution in [0, 0.1) is 5.92 Å². The topological polar surface area (TPSA) is 125 Å². The van der Waals surface area contributed by atoms with Crippen LogP contribution in [0.2, 0.25) is 0 Å². The number of hydrogen-bond donors (Lipinski definition) is 4. The third kappa shape index (κ3) is 5.58. The summed E-state index contributed by atoms with van der Waals surface area (Å²) in [4.78, 5) is 22.8. The molecule has 0 radical (unpaired) electrons. The number of nitrogens with one attached hydrogen (secondary N) is 3. The molecular weight excluding hydrogens is 360 g/mol. The van der Waals surface area contributed by atoms with Crippen LogP contribution >= 0.6 is 0 Å². The van der Waals surface area contributed by atoms with Gasteiger partial charge < -0.3 is 15.7 Å². The lowest BCUT2D eigenvalue weighted by Gasteiger charge is -2.14. The van der Waals surface area contributed by atoms with Crippen LogP contribution in [0.1, 0.15) is 56.3 Å². The first-order chi connectivity index (χ1) is 13.4. The van der Waals surface area contributed by atoms with E-state index >= 15 is 0 Å². The molecule has 0 bridgehead atoms. The zero-order chi connectivity index (χ0) is 20.1. The summed E-state index contributed by atoms with van der Waals surface area (Å²) in [6.07, 6.45) is 6.19. The summed E-state index contributed by atoms with van der Waals surface area (Å²) in [6, 6.07) is 3.71.